The molecule has 1 aliphatic carbocycles. The molecular weight excluding hydrogens is 516 g/mol. The van der Waals surface area contributed by atoms with E-state index in [0.29, 0.717) is 57.5 Å². The third-order valence-electron chi connectivity index (χ3n) is 9.99. The molecule has 210 valence electrons. The number of fused-ring (bicyclic) bond motifs is 4. The Morgan fingerprint density at radius 1 is 1.10 bits per heavy atom. The van der Waals surface area contributed by atoms with Gasteiger partial charge >= 0.3 is 6.01 Å². The molecule has 5 atom stereocenters. The van der Waals surface area contributed by atoms with E-state index in [2.05, 4.69) is 22.8 Å². The van der Waals surface area contributed by atoms with Crippen molar-refractivity contribution in [1.82, 2.24) is 14.9 Å². The van der Waals surface area contributed by atoms with Crippen LogP contribution in [0, 0.1) is 5.92 Å². The summed E-state index contributed by atoms with van der Waals surface area (Å²) in [6, 6.07) is 6.54. The number of nitrogens with zero attached hydrogens (tertiary/aromatic N) is 4. The van der Waals surface area contributed by atoms with Crippen LogP contribution in [0.3, 0.4) is 0 Å². The summed E-state index contributed by atoms with van der Waals surface area (Å²) in [5, 5.41) is 21.4. The lowest BCUT2D eigenvalue weighted by Crippen LogP contribution is -2.43. The number of aliphatic hydroxyl groups is 2. The Morgan fingerprint density at radius 3 is 2.74 bits per heavy atom. The molecule has 4 aliphatic heterocycles. The van der Waals surface area contributed by atoms with E-state index in [0.717, 1.165) is 60.9 Å². The standard InChI is InChI=1S/C30H39ClN4O4/c1-19-14-29(9-3-11-35(29)16-19)18-38-28-32-24-15-30(10-6-20-22(30)4-2-5-23(20)31)39-17-21(24)27(33-28)34-12-7-25(36)26(37)8-13-34/h2,4-5,19,25-26,36-37H,3,6-18H2,1H3/t19-,25-,26+,29+,30?/m1/s1. The van der Waals surface area contributed by atoms with Gasteiger partial charge in [-0.05, 0) is 74.6 Å². The minimum Gasteiger partial charge on any atom is -0.461 e. The van der Waals surface area contributed by atoms with Gasteiger partial charge in [0.2, 0.25) is 0 Å². The Labute approximate surface area is 235 Å². The lowest BCUT2D eigenvalue weighted by molar-refractivity contribution is -0.0730. The zero-order valence-electron chi connectivity index (χ0n) is 22.7. The first-order valence-electron chi connectivity index (χ1n) is 14.7. The highest BCUT2D eigenvalue weighted by molar-refractivity contribution is 6.31. The van der Waals surface area contributed by atoms with Crippen LogP contribution in [0.1, 0.15) is 67.8 Å². The van der Waals surface area contributed by atoms with Gasteiger partial charge < -0.3 is 24.6 Å². The van der Waals surface area contributed by atoms with Gasteiger partial charge in [-0.15, -0.1) is 0 Å². The SMILES string of the molecule is C[C@H]1CN2CCC[C@@]2(COc2nc3c(c(N4CC[C@@H](O)[C@@H](O)CC4)n2)COC2(CCc4c(Cl)cccc42)C3)C1. The van der Waals surface area contributed by atoms with Crippen LogP contribution in [0.5, 0.6) is 6.01 Å². The largest absolute Gasteiger partial charge is 0.461 e. The van der Waals surface area contributed by atoms with Crippen LogP contribution in [0.4, 0.5) is 5.82 Å². The van der Waals surface area contributed by atoms with Gasteiger partial charge in [0.05, 0.1) is 35.6 Å². The summed E-state index contributed by atoms with van der Waals surface area (Å²) in [6.07, 6.45) is 5.47. The molecule has 39 heavy (non-hydrogen) atoms. The van der Waals surface area contributed by atoms with Crippen LogP contribution in [0.2, 0.25) is 5.02 Å². The molecule has 7 rings (SSSR count). The molecule has 3 saturated heterocycles. The maximum absolute atomic E-state index is 10.3. The summed E-state index contributed by atoms with van der Waals surface area (Å²) >= 11 is 6.57. The second-order valence-corrected chi connectivity index (χ2v) is 13.0. The number of anilines is 1. The summed E-state index contributed by atoms with van der Waals surface area (Å²) in [7, 11) is 0. The second kappa shape index (κ2) is 9.84. The summed E-state index contributed by atoms with van der Waals surface area (Å²) in [5.41, 5.74) is 3.96. The van der Waals surface area contributed by atoms with Crippen LogP contribution >= 0.6 is 11.6 Å². The van der Waals surface area contributed by atoms with Crippen molar-refractivity contribution >= 4 is 17.4 Å². The third-order valence-corrected chi connectivity index (χ3v) is 10.3. The molecule has 1 unspecified atom stereocenters. The Kier molecular flexibility index (Phi) is 6.55. The lowest BCUT2D eigenvalue weighted by atomic mass is 9.87. The molecule has 1 aromatic heterocycles. The Hall–Kier alpha value is -1.97. The molecular formula is C30H39ClN4O4. The van der Waals surface area contributed by atoms with Crippen LogP contribution in [0.15, 0.2) is 18.2 Å². The predicted molar refractivity (Wildman–Crippen MR) is 148 cm³/mol. The molecule has 9 heteroatoms. The van der Waals surface area contributed by atoms with Gasteiger partial charge in [0, 0.05) is 36.6 Å². The van der Waals surface area contributed by atoms with E-state index >= 15 is 0 Å². The fraction of sp³-hybridized carbons (Fsp3) is 0.667. The number of aromatic nitrogens is 2. The van der Waals surface area contributed by atoms with E-state index in [1.807, 2.05) is 12.1 Å². The average Bonchev–Trinajstić information content (AvgIpc) is 3.53. The molecule has 0 amide bonds. The number of benzene rings is 1. The van der Waals surface area contributed by atoms with Gasteiger partial charge in [-0.25, -0.2) is 0 Å². The summed E-state index contributed by atoms with van der Waals surface area (Å²) in [5.74, 6) is 1.49. The topological polar surface area (TPSA) is 91.2 Å². The van der Waals surface area contributed by atoms with Crippen LogP contribution < -0.4 is 9.64 Å². The van der Waals surface area contributed by atoms with Gasteiger partial charge in [0.1, 0.15) is 12.4 Å². The quantitative estimate of drug-likeness (QED) is 0.592. The molecule has 1 spiro atoms. The molecule has 0 radical (unpaired) electrons. The molecule has 3 fully saturated rings. The van der Waals surface area contributed by atoms with E-state index in [-0.39, 0.29) is 5.54 Å². The van der Waals surface area contributed by atoms with E-state index < -0.39 is 17.8 Å². The zero-order chi connectivity index (χ0) is 26.8. The first-order valence-corrected chi connectivity index (χ1v) is 15.0. The normalized spacial score (nSPS) is 34.2. The molecule has 0 saturated carbocycles. The van der Waals surface area contributed by atoms with E-state index in [9.17, 15) is 10.2 Å². The Balaban J connectivity index is 1.23. The maximum atomic E-state index is 10.3. The minimum absolute atomic E-state index is 0.0845. The van der Waals surface area contributed by atoms with Gasteiger partial charge in [-0.1, -0.05) is 30.7 Å². The average molecular weight is 555 g/mol. The summed E-state index contributed by atoms with van der Waals surface area (Å²) in [4.78, 5) is 14.8. The highest BCUT2D eigenvalue weighted by atomic mass is 35.5. The number of halogens is 1. The molecule has 2 N–H and O–H groups in total. The first-order chi connectivity index (χ1) is 18.9. The second-order valence-electron chi connectivity index (χ2n) is 12.6. The van der Waals surface area contributed by atoms with Gasteiger partial charge in [0.15, 0.2) is 0 Å². The van der Waals surface area contributed by atoms with Crippen LogP contribution in [-0.4, -0.2) is 75.6 Å². The predicted octanol–water partition coefficient (Wildman–Crippen LogP) is 3.62. The Bertz CT molecular complexity index is 1250. The number of hydrogen-bond acceptors (Lipinski definition) is 8. The smallest absolute Gasteiger partial charge is 0.318 e. The van der Waals surface area contributed by atoms with E-state index in [1.54, 1.807) is 0 Å². The highest BCUT2D eigenvalue weighted by Crippen LogP contribution is 2.49. The van der Waals surface area contributed by atoms with Crippen molar-refractivity contribution in [1.29, 1.82) is 0 Å². The van der Waals surface area contributed by atoms with Crippen molar-refractivity contribution in [2.75, 3.05) is 37.7 Å². The summed E-state index contributed by atoms with van der Waals surface area (Å²) in [6.45, 7) is 6.85. The number of rotatable bonds is 4. The van der Waals surface area contributed by atoms with Crippen LogP contribution in [-0.2, 0) is 29.8 Å². The van der Waals surface area contributed by atoms with Crippen molar-refractivity contribution in [2.24, 2.45) is 5.92 Å². The van der Waals surface area contributed by atoms with E-state index in [4.69, 9.17) is 31.0 Å². The van der Waals surface area contributed by atoms with Gasteiger partial charge in [0.25, 0.3) is 0 Å². The van der Waals surface area contributed by atoms with Gasteiger partial charge in [-0.3, -0.25) is 4.90 Å². The zero-order valence-corrected chi connectivity index (χ0v) is 23.5. The van der Waals surface area contributed by atoms with Crippen molar-refractivity contribution < 1.29 is 19.7 Å². The van der Waals surface area contributed by atoms with Crippen molar-refractivity contribution in [3.05, 3.63) is 45.6 Å². The van der Waals surface area contributed by atoms with Gasteiger partial charge in [-0.2, -0.15) is 9.97 Å². The molecule has 2 aromatic rings. The van der Waals surface area contributed by atoms with Crippen molar-refractivity contribution in [3.63, 3.8) is 0 Å². The van der Waals surface area contributed by atoms with E-state index in [1.165, 1.54) is 17.5 Å². The van der Waals surface area contributed by atoms with Crippen molar-refractivity contribution in [3.8, 4) is 6.01 Å². The monoisotopic (exact) mass is 554 g/mol. The highest BCUT2D eigenvalue weighted by Gasteiger charge is 2.48. The molecule has 1 aromatic carbocycles. The molecule has 5 aliphatic rings. The summed E-state index contributed by atoms with van der Waals surface area (Å²) < 4.78 is 13.2. The Morgan fingerprint density at radius 2 is 1.92 bits per heavy atom. The van der Waals surface area contributed by atoms with Crippen LogP contribution in [0.25, 0.3) is 0 Å². The number of ether oxygens (including phenoxy) is 2. The molecule has 0 bridgehead atoms. The fourth-order valence-electron chi connectivity index (χ4n) is 7.99. The molecule has 8 nitrogen and oxygen atoms in total. The molecule has 5 heterocycles. The fourth-order valence-corrected chi connectivity index (χ4v) is 8.26. The third kappa shape index (κ3) is 4.43. The first kappa shape index (κ1) is 26.0. The minimum atomic E-state index is -0.723. The number of aliphatic hydroxyl groups excluding tert-OH is 2. The lowest BCUT2D eigenvalue weighted by Gasteiger charge is -2.37. The van der Waals surface area contributed by atoms with Crippen molar-refractivity contribution in [2.45, 2.75) is 88.2 Å². The maximum Gasteiger partial charge on any atom is 0.318 e. The number of hydrogen-bond donors (Lipinski definition) is 2.